The second kappa shape index (κ2) is 7.71. The van der Waals surface area contributed by atoms with Crippen LogP contribution < -0.4 is 5.32 Å². The van der Waals surface area contributed by atoms with Gasteiger partial charge in [0.05, 0.1) is 17.6 Å². The van der Waals surface area contributed by atoms with E-state index in [1.54, 1.807) is 11.3 Å². The van der Waals surface area contributed by atoms with Crippen molar-refractivity contribution in [3.8, 4) is 11.4 Å². The zero-order chi connectivity index (χ0) is 18.6. The first kappa shape index (κ1) is 17.4. The largest absolute Gasteiger partial charge is 0.349 e. The quantitative estimate of drug-likeness (QED) is 0.530. The second-order valence-electron chi connectivity index (χ2n) is 6.06. The lowest BCUT2D eigenvalue weighted by Gasteiger charge is -2.07. The minimum absolute atomic E-state index is 0.0695. The fourth-order valence-electron chi connectivity index (χ4n) is 2.97. The van der Waals surface area contributed by atoms with Crippen LogP contribution in [0.15, 0.2) is 45.6 Å². The molecule has 3 aromatic heterocycles. The van der Waals surface area contributed by atoms with Crippen molar-refractivity contribution in [3.05, 3.63) is 52.8 Å². The normalized spacial score (nSPS) is 11.1. The Morgan fingerprint density at radius 2 is 2.15 bits per heavy atom. The third-order valence-electron chi connectivity index (χ3n) is 4.31. The van der Waals surface area contributed by atoms with E-state index in [1.807, 2.05) is 41.1 Å². The second-order valence-corrected chi connectivity index (χ2v) is 6.84. The van der Waals surface area contributed by atoms with Gasteiger partial charge in [0.15, 0.2) is 0 Å². The molecule has 0 aliphatic carbocycles. The number of hydrogen-bond acceptors (Lipinski definition) is 6. The molecule has 0 bridgehead atoms. The number of benzene rings is 1. The lowest BCUT2D eigenvalue weighted by Crippen LogP contribution is -2.25. The van der Waals surface area contributed by atoms with E-state index in [0.717, 1.165) is 29.0 Å². The molecule has 8 heteroatoms. The topological polar surface area (TPSA) is 85.8 Å². The molecule has 3 heterocycles. The van der Waals surface area contributed by atoms with Crippen molar-refractivity contribution in [1.82, 2.24) is 25.0 Å². The molecule has 1 aromatic carbocycles. The van der Waals surface area contributed by atoms with E-state index in [2.05, 4.69) is 31.9 Å². The van der Waals surface area contributed by atoms with Crippen LogP contribution in [0.5, 0.6) is 0 Å². The average Bonchev–Trinajstić information content (AvgIpc) is 3.43. The van der Waals surface area contributed by atoms with Crippen LogP contribution in [0.4, 0.5) is 0 Å². The van der Waals surface area contributed by atoms with Crippen LogP contribution in [-0.4, -0.2) is 25.6 Å². The Morgan fingerprint density at radius 3 is 2.96 bits per heavy atom. The van der Waals surface area contributed by atoms with Gasteiger partial charge in [-0.1, -0.05) is 17.3 Å². The highest BCUT2D eigenvalue weighted by molar-refractivity contribution is 7.08. The molecule has 7 nitrogen and oxygen atoms in total. The van der Waals surface area contributed by atoms with E-state index >= 15 is 0 Å². The van der Waals surface area contributed by atoms with Crippen LogP contribution in [0.2, 0.25) is 0 Å². The standard InChI is InChI=1S/C19H19N5O2S/c1-2-24-15-6-4-3-5-14(15)21-16(24)11-20-17(25)7-8-18-22-19(23-26-18)13-9-10-27-12-13/h3-6,9-10,12H,2,7-8,11H2,1H3,(H,20,25). The Kier molecular flexibility index (Phi) is 4.97. The molecule has 0 fully saturated rings. The maximum atomic E-state index is 12.2. The van der Waals surface area contributed by atoms with Gasteiger partial charge in [-0.25, -0.2) is 4.98 Å². The van der Waals surface area contributed by atoms with E-state index in [9.17, 15) is 4.79 Å². The zero-order valence-electron chi connectivity index (χ0n) is 14.9. The molecule has 0 aliphatic heterocycles. The summed E-state index contributed by atoms with van der Waals surface area (Å²) in [6.07, 6.45) is 0.699. The molecule has 4 aromatic rings. The maximum Gasteiger partial charge on any atom is 0.227 e. The number of carbonyl (C=O) groups excluding carboxylic acids is 1. The molecule has 27 heavy (non-hydrogen) atoms. The molecule has 0 saturated carbocycles. The third kappa shape index (κ3) is 3.75. The van der Waals surface area contributed by atoms with Crippen molar-refractivity contribution in [2.45, 2.75) is 32.9 Å². The summed E-state index contributed by atoms with van der Waals surface area (Å²) >= 11 is 1.58. The lowest BCUT2D eigenvalue weighted by molar-refractivity contribution is -0.121. The summed E-state index contributed by atoms with van der Waals surface area (Å²) in [5.74, 6) is 1.81. The van der Waals surface area contributed by atoms with Gasteiger partial charge in [0, 0.05) is 30.3 Å². The summed E-state index contributed by atoms with van der Waals surface area (Å²) in [4.78, 5) is 21.1. The maximum absolute atomic E-state index is 12.2. The Balaban J connectivity index is 1.34. The number of aromatic nitrogens is 4. The minimum atomic E-state index is -0.0695. The van der Waals surface area contributed by atoms with Crippen molar-refractivity contribution >= 4 is 28.3 Å². The number of imidazole rings is 1. The predicted molar refractivity (Wildman–Crippen MR) is 103 cm³/mol. The number of fused-ring (bicyclic) bond motifs is 1. The molecule has 0 atom stereocenters. The molecule has 0 unspecified atom stereocenters. The SMILES string of the molecule is CCn1c(CNC(=O)CCc2nc(-c3ccsc3)no2)nc2ccccc21. The number of para-hydroxylation sites is 2. The predicted octanol–water partition coefficient (Wildman–Crippen LogP) is 3.42. The Labute approximate surface area is 160 Å². The number of hydrogen-bond donors (Lipinski definition) is 1. The highest BCUT2D eigenvalue weighted by Crippen LogP contribution is 2.19. The van der Waals surface area contributed by atoms with Crippen LogP contribution in [0.25, 0.3) is 22.4 Å². The number of carbonyl (C=O) groups is 1. The van der Waals surface area contributed by atoms with Crippen LogP contribution in [-0.2, 0) is 24.3 Å². The first-order valence-electron chi connectivity index (χ1n) is 8.80. The molecule has 4 rings (SSSR count). The van der Waals surface area contributed by atoms with Crippen LogP contribution in [0.1, 0.15) is 25.1 Å². The van der Waals surface area contributed by atoms with Gasteiger partial charge in [-0.05, 0) is 30.5 Å². The van der Waals surface area contributed by atoms with E-state index < -0.39 is 0 Å². The zero-order valence-corrected chi connectivity index (χ0v) is 15.7. The molecule has 0 spiro atoms. The fourth-order valence-corrected chi connectivity index (χ4v) is 3.60. The first-order chi connectivity index (χ1) is 13.2. The summed E-state index contributed by atoms with van der Waals surface area (Å²) in [5.41, 5.74) is 2.95. The Morgan fingerprint density at radius 1 is 1.26 bits per heavy atom. The Bertz CT molecular complexity index is 1050. The summed E-state index contributed by atoms with van der Waals surface area (Å²) in [6.45, 7) is 3.27. The van der Waals surface area contributed by atoms with E-state index in [0.29, 0.717) is 24.7 Å². The number of nitrogens with one attached hydrogen (secondary N) is 1. The smallest absolute Gasteiger partial charge is 0.227 e. The molecule has 0 saturated heterocycles. The number of amides is 1. The van der Waals surface area contributed by atoms with E-state index in [1.165, 1.54) is 0 Å². The highest BCUT2D eigenvalue weighted by Gasteiger charge is 2.13. The summed E-state index contributed by atoms with van der Waals surface area (Å²) in [5, 5.41) is 10.8. The molecular formula is C19H19N5O2S. The van der Waals surface area contributed by atoms with Crippen molar-refractivity contribution in [3.63, 3.8) is 0 Å². The number of rotatable bonds is 7. The van der Waals surface area contributed by atoms with Gasteiger partial charge in [0.2, 0.25) is 17.6 Å². The van der Waals surface area contributed by atoms with Gasteiger partial charge in [0.25, 0.3) is 0 Å². The van der Waals surface area contributed by atoms with Crippen molar-refractivity contribution in [1.29, 1.82) is 0 Å². The van der Waals surface area contributed by atoms with Crippen molar-refractivity contribution in [2.75, 3.05) is 0 Å². The summed E-state index contributed by atoms with van der Waals surface area (Å²) in [7, 11) is 0. The summed E-state index contributed by atoms with van der Waals surface area (Å²) < 4.78 is 7.34. The van der Waals surface area contributed by atoms with Crippen molar-refractivity contribution < 1.29 is 9.32 Å². The van der Waals surface area contributed by atoms with Gasteiger partial charge in [-0.15, -0.1) is 0 Å². The van der Waals surface area contributed by atoms with Crippen LogP contribution in [0.3, 0.4) is 0 Å². The monoisotopic (exact) mass is 381 g/mol. The summed E-state index contributed by atoms with van der Waals surface area (Å²) in [6, 6.07) is 9.91. The van der Waals surface area contributed by atoms with Crippen molar-refractivity contribution in [2.24, 2.45) is 0 Å². The first-order valence-corrected chi connectivity index (χ1v) is 9.75. The Hall–Kier alpha value is -3.00. The third-order valence-corrected chi connectivity index (χ3v) is 4.99. The van der Waals surface area contributed by atoms with E-state index in [4.69, 9.17) is 4.52 Å². The highest BCUT2D eigenvalue weighted by atomic mass is 32.1. The van der Waals surface area contributed by atoms with Crippen LogP contribution in [0, 0.1) is 0 Å². The van der Waals surface area contributed by atoms with Gasteiger partial charge in [-0.2, -0.15) is 16.3 Å². The fraction of sp³-hybridized carbons (Fsp3) is 0.263. The molecule has 138 valence electrons. The van der Waals surface area contributed by atoms with Gasteiger partial charge in [-0.3, -0.25) is 4.79 Å². The number of aryl methyl sites for hydroxylation is 2. The number of thiophene rings is 1. The van der Waals surface area contributed by atoms with Gasteiger partial charge >= 0.3 is 0 Å². The van der Waals surface area contributed by atoms with E-state index in [-0.39, 0.29) is 12.3 Å². The molecule has 1 amide bonds. The minimum Gasteiger partial charge on any atom is -0.349 e. The van der Waals surface area contributed by atoms with Gasteiger partial charge in [0.1, 0.15) is 5.82 Å². The molecule has 0 radical (unpaired) electrons. The number of nitrogens with zero attached hydrogens (tertiary/aromatic N) is 4. The lowest BCUT2D eigenvalue weighted by atomic mass is 10.3. The molecule has 1 N–H and O–H groups in total. The average molecular weight is 381 g/mol. The van der Waals surface area contributed by atoms with Crippen LogP contribution >= 0.6 is 11.3 Å². The molecular weight excluding hydrogens is 362 g/mol. The molecule has 0 aliphatic rings. The van der Waals surface area contributed by atoms with Gasteiger partial charge < -0.3 is 14.4 Å².